The average Bonchev–Trinajstić information content (AvgIpc) is 2.54. The highest BCUT2D eigenvalue weighted by Crippen LogP contribution is 2.30. The Bertz CT molecular complexity index is 534. The molecule has 0 saturated heterocycles. The summed E-state index contributed by atoms with van der Waals surface area (Å²) in [5, 5.41) is 0. The van der Waals surface area contributed by atoms with Gasteiger partial charge in [-0.1, -0.05) is 67.6 Å². The van der Waals surface area contributed by atoms with Crippen molar-refractivity contribution >= 4 is 5.97 Å². The molecule has 0 aliphatic carbocycles. The minimum Gasteiger partial charge on any atom is -0.452 e. The minimum absolute atomic E-state index is 0.164. The van der Waals surface area contributed by atoms with Crippen molar-refractivity contribution in [1.82, 2.24) is 0 Å². The molecule has 0 fully saturated rings. The van der Waals surface area contributed by atoms with Gasteiger partial charge in [0.25, 0.3) is 0 Å². The predicted octanol–water partition coefficient (Wildman–Crippen LogP) is 4.76. The van der Waals surface area contributed by atoms with Gasteiger partial charge in [-0.05, 0) is 31.4 Å². The van der Waals surface area contributed by atoms with E-state index in [1.807, 2.05) is 81.4 Å². The van der Waals surface area contributed by atoms with E-state index < -0.39 is 5.41 Å². The van der Waals surface area contributed by atoms with Crippen molar-refractivity contribution in [1.29, 1.82) is 0 Å². The summed E-state index contributed by atoms with van der Waals surface area (Å²) < 4.78 is 5.84. The van der Waals surface area contributed by atoms with Gasteiger partial charge in [0, 0.05) is 0 Å². The zero-order chi connectivity index (χ0) is 15.3. The van der Waals surface area contributed by atoms with Crippen molar-refractivity contribution in [2.45, 2.75) is 33.3 Å². The fraction of sp³-hybridized carbons (Fsp3) is 0.316. The fourth-order valence-corrected chi connectivity index (χ4v) is 2.00. The van der Waals surface area contributed by atoms with Crippen LogP contribution in [0.4, 0.5) is 0 Å². The molecule has 2 aromatic carbocycles. The number of hydrogen-bond acceptors (Lipinski definition) is 2. The van der Waals surface area contributed by atoms with Crippen LogP contribution in [0.25, 0.3) is 0 Å². The number of ether oxygens (including phenoxy) is 1. The Morgan fingerprint density at radius 2 is 1.38 bits per heavy atom. The molecule has 0 atom stereocenters. The second kappa shape index (κ2) is 6.57. The summed E-state index contributed by atoms with van der Waals surface area (Å²) in [7, 11) is 0. The lowest BCUT2D eigenvalue weighted by molar-refractivity contribution is -0.158. The van der Waals surface area contributed by atoms with Crippen LogP contribution in [0.2, 0.25) is 0 Å². The smallest absolute Gasteiger partial charge is 0.312 e. The third-order valence-corrected chi connectivity index (χ3v) is 3.87. The Balaban J connectivity index is 2.32. The van der Waals surface area contributed by atoms with E-state index in [1.54, 1.807) is 0 Å². The van der Waals surface area contributed by atoms with Crippen LogP contribution in [0.1, 0.15) is 44.4 Å². The van der Waals surface area contributed by atoms with Gasteiger partial charge in [-0.15, -0.1) is 0 Å². The Kier molecular flexibility index (Phi) is 4.79. The maximum absolute atomic E-state index is 12.4. The zero-order valence-electron chi connectivity index (χ0n) is 12.9. The number of benzene rings is 2. The first-order valence-electron chi connectivity index (χ1n) is 7.35. The SMILES string of the molecule is CCC(C)(C)C(=O)OC(c1ccccc1)c1ccccc1. The maximum atomic E-state index is 12.4. The molecule has 0 unspecified atom stereocenters. The predicted molar refractivity (Wildman–Crippen MR) is 84.9 cm³/mol. The molecular formula is C19H22O2. The molecule has 0 spiro atoms. The molecular weight excluding hydrogens is 260 g/mol. The van der Waals surface area contributed by atoms with Gasteiger partial charge in [-0.25, -0.2) is 0 Å². The van der Waals surface area contributed by atoms with E-state index in [-0.39, 0.29) is 12.1 Å². The lowest BCUT2D eigenvalue weighted by atomic mass is 9.90. The van der Waals surface area contributed by atoms with Gasteiger partial charge >= 0.3 is 5.97 Å². The molecule has 2 heteroatoms. The standard InChI is InChI=1S/C19H22O2/c1-4-19(2,3)18(20)21-17(15-11-7-5-8-12-15)16-13-9-6-10-14-16/h5-14,17H,4H2,1-3H3. The van der Waals surface area contributed by atoms with Gasteiger partial charge in [0.1, 0.15) is 0 Å². The zero-order valence-corrected chi connectivity index (χ0v) is 12.9. The first kappa shape index (κ1) is 15.3. The molecule has 21 heavy (non-hydrogen) atoms. The van der Waals surface area contributed by atoms with Crippen LogP contribution in [0, 0.1) is 5.41 Å². The highest BCUT2D eigenvalue weighted by atomic mass is 16.5. The van der Waals surface area contributed by atoms with Gasteiger partial charge < -0.3 is 4.74 Å². The van der Waals surface area contributed by atoms with E-state index in [9.17, 15) is 4.79 Å². The van der Waals surface area contributed by atoms with E-state index in [4.69, 9.17) is 4.74 Å². The highest BCUT2D eigenvalue weighted by molar-refractivity contribution is 5.76. The molecule has 0 radical (unpaired) electrons. The van der Waals surface area contributed by atoms with Crippen molar-refractivity contribution < 1.29 is 9.53 Å². The van der Waals surface area contributed by atoms with E-state index in [1.165, 1.54) is 0 Å². The van der Waals surface area contributed by atoms with Crippen molar-refractivity contribution in [3.05, 3.63) is 71.8 Å². The Hall–Kier alpha value is -2.09. The largest absolute Gasteiger partial charge is 0.452 e. The van der Waals surface area contributed by atoms with Crippen molar-refractivity contribution in [3.8, 4) is 0 Å². The number of carbonyl (C=O) groups excluding carboxylic acids is 1. The average molecular weight is 282 g/mol. The first-order chi connectivity index (χ1) is 10.0. The topological polar surface area (TPSA) is 26.3 Å². The number of hydrogen-bond donors (Lipinski definition) is 0. The lowest BCUT2D eigenvalue weighted by Gasteiger charge is -2.26. The van der Waals surface area contributed by atoms with Crippen molar-refractivity contribution in [2.75, 3.05) is 0 Å². The third-order valence-electron chi connectivity index (χ3n) is 3.87. The third kappa shape index (κ3) is 3.72. The molecule has 0 bridgehead atoms. The van der Waals surface area contributed by atoms with E-state index in [2.05, 4.69) is 0 Å². The van der Waals surface area contributed by atoms with Crippen LogP contribution in [-0.4, -0.2) is 5.97 Å². The molecule has 0 heterocycles. The van der Waals surface area contributed by atoms with E-state index >= 15 is 0 Å². The van der Waals surface area contributed by atoms with Gasteiger partial charge in [-0.2, -0.15) is 0 Å². The molecule has 0 aromatic heterocycles. The van der Waals surface area contributed by atoms with Gasteiger partial charge in [0.15, 0.2) is 6.10 Å². The number of rotatable bonds is 5. The molecule has 0 amide bonds. The van der Waals surface area contributed by atoms with Crippen LogP contribution < -0.4 is 0 Å². The summed E-state index contributed by atoms with van der Waals surface area (Å²) in [6, 6.07) is 19.7. The Labute approximate surface area is 126 Å². The van der Waals surface area contributed by atoms with Crippen LogP contribution in [0.15, 0.2) is 60.7 Å². The number of carbonyl (C=O) groups is 1. The molecule has 2 aromatic rings. The number of esters is 1. The minimum atomic E-state index is -0.470. The van der Waals surface area contributed by atoms with Gasteiger partial charge in [0.2, 0.25) is 0 Å². The van der Waals surface area contributed by atoms with Crippen LogP contribution in [0.5, 0.6) is 0 Å². The molecule has 0 N–H and O–H groups in total. The molecule has 0 aliphatic heterocycles. The van der Waals surface area contributed by atoms with Crippen LogP contribution in [-0.2, 0) is 9.53 Å². The van der Waals surface area contributed by atoms with Crippen molar-refractivity contribution in [2.24, 2.45) is 5.41 Å². The van der Waals surface area contributed by atoms with Gasteiger partial charge in [-0.3, -0.25) is 4.79 Å². The van der Waals surface area contributed by atoms with Crippen molar-refractivity contribution in [3.63, 3.8) is 0 Å². The molecule has 0 saturated carbocycles. The maximum Gasteiger partial charge on any atom is 0.312 e. The quantitative estimate of drug-likeness (QED) is 0.739. The lowest BCUT2D eigenvalue weighted by Crippen LogP contribution is -2.27. The first-order valence-corrected chi connectivity index (χ1v) is 7.35. The molecule has 2 rings (SSSR count). The summed E-state index contributed by atoms with van der Waals surface area (Å²) in [5.41, 5.74) is 1.51. The van der Waals surface area contributed by atoms with E-state index in [0.717, 1.165) is 17.5 Å². The monoisotopic (exact) mass is 282 g/mol. The normalized spacial score (nSPS) is 11.4. The van der Waals surface area contributed by atoms with Crippen LogP contribution >= 0.6 is 0 Å². The van der Waals surface area contributed by atoms with Gasteiger partial charge in [0.05, 0.1) is 5.41 Å². The fourth-order valence-electron chi connectivity index (χ4n) is 2.00. The molecule has 110 valence electrons. The summed E-state index contributed by atoms with van der Waals surface area (Å²) in [5.74, 6) is -0.164. The summed E-state index contributed by atoms with van der Waals surface area (Å²) >= 11 is 0. The Morgan fingerprint density at radius 1 is 0.952 bits per heavy atom. The Morgan fingerprint density at radius 3 is 1.76 bits per heavy atom. The second-order valence-corrected chi connectivity index (χ2v) is 5.84. The summed E-state index contributed by atoms with van der Waals surface area (Å²) in [6.07, 6.45) is 0.396. The summed E-state index contributed by atoms with van der Waals surface area (Å²) in [6.45, 7) is 5.84. The molecule has 2 nitrogen and oxygen atoms in total. The molecule has 0 aliphatic rings. The highest BCUT2D eigenvalue weighted by Gasteiger charge is 2.30. The second-order valence-electron chi connectivity index (χ2n) is 5.84. The summed E-state index contributed by atoms with van der Waals surface area (Å²) in [4.78, 5) is 12.4. The van der Waals surface area contributed by atoms with Crippen LogP contribution in [0.3, 0.4) is 0 Å². The van der Waals surface area contributed by atoms with E-state index in [0.29, 0.717) is 0 Å².